The normalized spacial score (nSPS) is 33.7. The summed E-state index contributed by atoms with van der Waals surface area (Å²) < 4.78 is 4.67. The van der Waals surface area contributed by atoms with E-state index in [1.54, 1.807) is 0 Å². The summed E-state index contributed by atoms with van der Waals surface area (Å²) in [5.74, 6) is 2.64. The van der Waals surface area contributed by atoms with Gasteiger partial charge in [-0.15, -0.1) is 0 Å². The molecule has 0 spiro atoms. The van der Waals surface area contributed by atoms with Crippen molar-refractivity contribution in [1.29, 1.82) is 0 Å². The van der Waals surface area contributed by atoms with Crippen LogP contribution in [0.5, 0.6) is 0 Å². The maximum absolute atomic E-state index is 11.1. The molecule has 0 aromatic carbocycles. The van der Waals surface area contributed by atoms with Gasteiger partial charge in [0.05, 0.1) is 13.7 Å². The van der Waals surface area contributed by atoms with E-state index in [1.165, 1.54) is 32.8 Å². The minimum atomic E-state index is -0.124. The molecule has 3 heteroatoms. The number of fused-ring (bicyclic) bond motifs is 2. The van der Waals surface area contributed by atoms with E-state index >= 15 is 0 Å². The molecule has 86 valence electrons. The number of rotatable bonds is 4. The molecule has 0 aromatic rings. The second-order valence-electron chi connectivity index (χ2n) is 5.21. The fourth-order valence-corrected chi connectivity index (χ4v) is 3.35. The van der Waals surface area contributed by atoms with Gasteiger partial charge < -0.3 is 4.74 Å². The molecule has 3 nitrogen and oxygen atoms in total. The van der Waals surface area contributed by atoms with Gasteiger partial charge in [-0.3, -0.25) is 9.69 Å². The molecule has 2 saturated carbocycles. The van der Waals surface area contributed by atoms with Crippen molar-refractivity contribution in [2.75, 3.05) is 27.2 Å². The molecule has 3 unspecified atom stereocenters. The maximum Gasteiger partial charge on any atom is 0.319 e. The van der Waals surface area contributed by atoms with Crippen molar-refractivity contribution in [3.05, 3.63) is 0 Å². The van der Waals surface area contributed by atoms with Crippen molar-refractivity contribution in [3.63, 3.8) is 0 Å². The van der Waals surface area contributed by atoms with E-state index < -0.39 is 0 Å². The first-order chi connectivity index (χ1) is 7.19. The standard InChI is InChI=1S/C12H21NO2/c1-13(8-12(14)15-2)7-11-6-9-3-4-10(11)5-9/h9-11H,3-8H2,1-2H3. The lowest BCUT2D eigenvalue weighted by atomic mass is 9.88. The second kappa shape index (κ2) is 4.52. The van der Waals surface area contributed by atoms with E-state index in [1.807, 2.05) is 7.05 Å². The van der Waals surface area contributed by atoms with Gasteiger partial charge >= 0.3 is 5.97 Å². The molecule has 0 N–H and O–H groups in total. The Kier molecular flexibility index (Phi) is 3.29. The first-order valence-electron chi connectivity index (χ1n) is 5.94. The maximum atomic E-state index is 11.1. The molecule has 15 heavy (non-hydrogen) atoms. The van der Waals surface area contributed by atoms with Gasteiger partial charge in [0, 0.05) is 6.54 Å². The van der Waals surface area contributed by atoms with Crippen LogP contribution in [0.25, 0.3) is 0 Å². The Bertz CT molecular complexity index is 242. The van der Waals surface area contributed by atoms with E-state index in [4.69, 9.17) is 0 Å². The summed E-state index contributed by atoms with van der Waals surface area (Å²) in [5, 5.41) is 0. The third kappa shape index (κ3) is 2.51. The smallest absolute Gasteiger partial charge is 0.319 e. The summed E-state index contributed by atoms with van der Waals surface area (Å²) in [6.45, 7) is 1.50. The lowest BCUT2D eigenvalue weighted by Crippen LogP contribution is -2.33. The monoisotopic (exact) mass is 211 g/mol. The molecular formula is C12H21NO2. The Balaban J connectivity index is 1.75. The van der Waals surface area contributed by atoms with Gasteiger partial charge in [-0.2, -0.15) is 0 Å². The van der Waals surface area contributed by atoms with E-state index in [-0.39, 0.29) is 5.97 Å². The van der Waals surface area contributed by atoms with Crippen LogP contribution < -0.4 is 0 Å². The Morgan fingerprint density at radius 2 is 2.20 bits per heavy atom. The molecule has 2 rings (SSSR count). The van der Waals surface area contributed by atoms with Crippen molar-refractivity contribution >= 4 is 5.97 Å². The first kappa shape index (κ1) is 10.9. The number of ether oxygens (including phenoxy) is 1. The zero-order chi connectivity index (χ0) is 10.8. The molecule has 0 radical (unpaired) electrons. The molecule has 3 atom stereocenters. The van der Waals surface area contributed by atoms with Crippen LogP contribution in [0, 0.1) is 17.8 Å². The molecular weight excluding hydrogens is 190 g/mol. The molecule has 0 saturated heterocycles. The zero-order valence-corrected chi connectivity index (χ0v) is 9.74. The summed E-state index contributed by atoms with van der Waals surface area (Å²) in [7, 11) is 3.47. The van der Waals surface area contributed by atoms with Crippen molar-refractivity contribution in [1.82, 2.24) is 4.90 Å². The molecule has 2 fully saturated rings. The number of methoxy groups -OCH3 is 1. The number of carbonyl (C=O) groups excluding carboxylic acids is 1. The van der Waals surface area contributed by atoms with E-state index in [0.717, 1.165) is 24.3 Å². The summed E-state index contributed by atoms with van der Waals surface area (Å²) in [5.41, 5.74) is 0. The van der Waals surface area contributed by atoms with Gasteiger partial charge in [-0.1, -0.05) is 6.42 Å². The number of likely N-dealkylation sites (N-methyl/N-ethyl adjacent to an activating group) is 1. The lowest BCUT2D eigenvalue weighted by molar-refractivity contribution is -0.141. The molecule has 2 aliphatic rings. The van der Waals surface area contributed by atoms with Gasteiger partial charge in [0.25, 0.3) is 0 Å². The largest absolute Gasteiger partial charge is 0.468 e. The van der Waals surface area contributed by atoms with Crippen LogP contribution in [0.15, 0.2) is 0 Å². The van der Waals surface area contributed by atoms with Gasteiger partial charge in [-0.05, 0) is 44.1 Å². The predicted molar refractivity (Wildman–Crippen MR) is 58.5 cm³/mol. The van der Waals surface area contributed by atoms with Crippen molar-refractivity contribution in [2.45, 2.75) is 25.7 Å². The van der Waals surface area contributed by atoms with E-state index in [2.05, 4.69) is 9.64 Å². The van der Waals surface area contributed by atoms with Crippen LogP contribution in [-0.2, 0) is 9.53 Å². The first-order valence-corrected chi connectivity index (χ1v) is 5.94. The molecule has 0 aromatic heterocycles. The lowest BCUT2D eigenvalue weighted by Gasteiger charge is -2.26. The van der Waals surface area contributed by atoms with Gasteiger partial charge in [0.2, 0.25) is 0 Å². The SMILES string of the molecule is COC(=O)CN(C)CC1CC2CCC1C2. The molecule has 2 aliphatic carbocycles. The fraction of sp³-hybridized carbons (Fsp3) is 0.917. The Morgan fingerprint density at radius 1 is 1.40 bits per heavy atom. The van der Waals surface area contributed by atoms with Crippen LogP contribution >= 0.6 is 0 Å². The van der Waals surface area contributed by atoms with Gasteiger partial charge in [0.1, 0.15) is 0 Å². The average molecular weight is 211 g/mol. The summed E-state index contributed by atoms with van der Waals surface area (Å²) in [6.07, 6.45) is 5.69. The Hall–Kier alpha value is -0.570. The highest BCUT2D eigenvalue weighted by atomic mass is 16.5. The highest BCUT2D eigenvalue weighted by molar-refractivity contribution is 5.71. The average Bonchev–Trinajstić information content (AvgIpc) is 2.78. The minimum absolute atomic E-state index is 0.124. The third-order valence-electron chi connectivity index (χ3n) is 4.06. The third-order valence-corrected chi connectivity index (χ3v) is 4.06. The quantitative estimate of drug-likeness (QED) is 0.660. The highest BCUT2D eigenvalue weighted by Crippen LogP contribution is 2.48. The number of nitrogens with zero attached hydrogens (tertiary/aromatic N) is 1. The second-order valence-corrected chi connectivity index (χ2v) is 5.21. The Morgan fingerprint density at radius 3 is 2.73 bits per heavy atom. The van der Waals surface area contributed by atoms with Crippen LogP contribution in [0.3, 0.4) is 0 Å². The van der Waals surface area contributed by atoms with E-state index in [0.29, 0.717) is 6.54 Å². The van der Waals surface area contributed by atoms with Crippen LogP contribution in [0.1, 0.15) is 25.7 Å². The number of hydrogen-bond donors (Lipinski definition) is 0. The summed E-state index contributed by atoms with van der Waals surface area (Å²) in [6, 6.07) is 0. The van der Waals surface area contributed by atoms with Gasteiger partial charge in [-0.25, -0.2) is 0 Å². The number of esters is 1. The zero-order valence-electron chi connectivity index (χ0n) is 9.74. The number of hydrogen-bond acceptors (Lipinski definition) is 3. The van der Waals surface area contributed by atoms with Crippen molar-refractivity contribution in [2.24, 2.45) is 17.8 Å². The molecule has 2 bridgehead atoms. The molecule has 0 heterocycles. The van der Waals surface area contributed by atoms with Crippen LogP contribution in [0.4, 0.5) is 0 Å². The van der Waals surface area contributed by atoms with Gasteiger partial charge in [0.15, 0.2) is 0 Å². The molecule has 0 amide bonds. The van der Waals surface area contributed by atoms with Crippen LogP contribution in [0.2, 0.25) is 0 Å². The highest BCUT2D eigenvalue weighted by Gasteiger charge is 2.39. The topological polar surface area (TPSA) is 29.5 Å². The summed E-state index contributed by atoms with van der Waals surface area (Å²) >= 11 is 0. The predicted octanol–water partition coefficient (Wildman–Crippen LogP) is 1.53. The van der Waals surface area contributed by atoms with Crippen molar-refractivity contribution in [3.8, 4) is 0 Å². The number of carbonyl (C=O) groups is 1. The van der Waals surface area contributed by atoms with E-state index in [9.17, 15) is 4.79 Å². The Labute approximate surface area is 91.8 Å². The minimum Gasteiger partial charge on any atom is -0.468 e. The summed E-state index contributed by atoms with van der Waals surface area (Å²) in [4.78, 5) is 13.2. The van der Waals surface area contributed by atoms with Crippen LogP contribution in [-0.4, -0.2) is 38.1 Å². The fourth-order valence-electron chi connectivity index (χ4n) is 3.35. The molecule has 0 aliphatic heterocycles. The van der Waals surface area contributed by atoms with Crippen molar-refractivity contribution < 1.29 is 9.53 Å².